The molecule has 0 aliphatic carbocycles. The van der Waals surface area contributed by atoms with Crippen LogP contribution in [0.15, 0.2) is 24.3 Å². The summed E-state index contributed by atoms with van der Waals surface area (Å²) in [5, 5.41) is 29.3. The molecule has 0 radical (unpaired) electrons. The van der Waals surface area contributed by atoms with E-state index < -0.39 is 36.0 Å². The second-order valence-corrected chi connectivity index (χ2v) is 9.46. The zero-order valence-corrected chi connectivity index (χ0v) is 19.0. The molecule has 0 spiro atoms. The molecule has 2 amide bonds. The molecule has 1 unspecified atom stereocenters. The molecule has 1 saturated heterocycles. The van der Waals surface area contributed by atoms with Gasteiger partial charge in [-0.3, -0.25) is 14.3 Å². The molecule has 1 fully saturated rings. The van der Waals surface area contributed by atoms with E-state index in [0.29, 0.717) is 12.5 Å². The van der Waals surface area contributed by atoms with Crippen LogP contribution in [-0.4, -0.2) is 70.3 Å². The molecular weight excluding hydrogens is 412 g/mol. The van der Waals surface area contributed by atoms with Crippen LogP contribution in [-0.2, 0) is 16.1 Å². The number of rotatable bonds is 8. The van der Waals surface area contributed by atoms with Crippen molar-refractivity contribution in [3.05, 3.63) is 30.0 Å². The average molecular weight is 447 g/mol. The molecular formula is C23H34N4O5. The van der Waals surface area contributed by atoms with Crippen LogP contribution in [0, 0.1) is 11.3 Å². The molecule has 32 heavy (non-hydrogen) atoms. The fourth-order valence-corrected chi connectivity index (χ4v) is 3.87. The minimum Gasteiger partial charge on any atom is -0.394 e. The van der Waals surface area contributed by atoms with Crippen LogP contribution in [0.3, 0.4) is 0 Å². The lowest BCUT2D eigenvalue weighted by Gasteiger charge is -2.30. The Labute approximate surface area is 188 Å². The largest absolute Gasteiger partial charge is 0.394 e. The Hall–Kier alpha value is -2.49. The van der Waals surface area contributed by atoms with Crippen molar-refractivity contribution in [2.24, 2.45) is 11.3 Å². The first-order chi connectivity index (χ1) is 15.2. The molecule has 3 rings (SSSR count). The van der Waals surface area contributed by atoms with E-state index in [-0.39, 0.29) is 12.2 Å². The number of aliphatic hydroxyl groups is 2. The van der Waals surface area contributed by atoms with Gasteiger partial charge in [0.2, 0.25) is 5.91 Å². The van der Waals surface area contributed by atoms with E-state index in [1.165, 1.54) is 0 Å². The standard InChI is InChI=1S/C23H34N4O5/c1-23(2,3)20(22(31)24-12-16(29)14-28)25-21(30)19-17-6-4-5-7-18(17)27(26-19)13-15-8-10-32-11-9-15/h4-7,15-16,20,28-29H,8-14H2,1-3H3,(H,24,31)(H,25,30)/t16-,20?/m0/s1. The third-order valence-electron chi connectivity index (χ3n) is 5.77. The number of nitrogens with one attached hydrogen (secondary N) is 2. The third kappa shape index (κ3) is 5.85. The Morgan fingerprint density at radius 3 is 2.59 bits per heavy atom. The van der Waals surface area contributed by atoms with Gasteiger partial charge in [-0.15, -0.1) is 0 Å². The van der Waals surface area contributed by atoms with Crippen LogP contribution in [0.1, 0.15) is 44.1 Å². The summed E-state index contributed by atoms with van der Waals surface area (Å²) in [5.41, 5.74) is 0.585. The van der Waals surface area contributed by atoms with Crippen molar-refractivity contribution < 1.29 is 24.5 Å². The van der Waals surface area contributed by atoms with E-state index in [2.05, 4.69) is 15.7 Å². The molecule has 0 bridgehead atoms. The SMILES string of the molecule is CC(C)(C)C(NC(=O)c1nn(CC2CCOCC2)c2ccccc12)C(=O)NC[C@H](O)CO. The fraction of sp³-hybridized carbons (Fsp3) is 0.609. The maximum Gasteiger partial charge on any atom is 0.273 e. The van der Waals surface area contributed by atoms with Crippen LogP contribution in [0.5, 0.6) is 0 Å². The molecule has 9 heteroatoms. The van der Waals surface area contributed by atoms with Crippen molar-refractivity contribution in [1.82, 2.24) is 20.4 Å². The second kappa shape index (κ2) is 10.4. The molecule has 9 nitrogen and oxygen atoms in total. The maximum atomic E-state index is 13.2. The smallest absolute Gasteiger partial charge is 0.273 e. The van der Waals surface area contributed by atoms with Gasteiger partial charge in [-0.05, 0) is 30.2 Å². The number of hydrogen-bond acceptors (Lipinski definition) is 6. The predicted molar refractivity (Wildman–Crippen MR) is 120 cm³/mol. The Morgan fingerprint density at radius 2 is 1.94 bits per heavy atom. The highest BCUT2D eigenvalue weighted by molar-refractivity contribution is 6.06. The molecule has 2 aromatic rings. The van der Waals surface area contributed by atoms with Crippen molar-refractivity contribution in [3.63, 3.8) is 0 Å². The minimum absolute atomic E-state index is 0.0968. The average Bonchev–Trinajstić information content (AvgIpc) is 3.14. The summed E-state index contributed by atoms with van der Waals surface area (Å²) < 4.78 is 7.33. The number of amides is 2. The van der Waals surface area contributed by atoms with Crippen LogP contribution in [0.2, 0.25) is 0 Å². The highest BCUT2D eigenvalue weighted by atomic mass is 16.5. The maximum absolute atomic E-state index is 13.2. The molecule has 1 aromatic carbocycles. The summed E-state index contributed by atoms with van der Waals surface area (Å²) in [7, 11) is 0. The number of carbonyl (C=O) groups is 2. The number of ether oxygens (including phenoxy) is 1. The van der Waals surface area contributed by atoms with Crippen LogP contribution < -0.4 is 10.6 Å². The van der Waals surface area contributed by atoms with E-state index in [0.717, 1.165) is 37.0 Å². The molecule has 1 aromatic heterocycles. The Balaban J connectivity index is 1.82. The Bertz CT molecular complexity index is 930. The van der Waals surface area contributed by atoms with Crippen molar-refractivity contribution in [2.75, 3.05) is 26.4 Å². The van der Waals surface area contributed by atoms with Crippen LogP contribution in [0.25, 0.3) is 10.9 Å². The Kier molecular flexibility index (Phi) is 7.86. The summed E-state index contributed by atoms with van der Waals surface area (Å²) >= 11 is 0. The van der Waals surface area contributed by atoms with Gasteiger partial charge in [0.05, 0.1) is 18.2 Å². The van der Waals surface area contributed by atoms with E-state index in [9.17, 15) is 14.7 Å². The zero-order valence-electron chi connectivity index (χ0n) is 19.0. The van der Waals surface area contributed by atoms with Crippen molar-refractivity contribution >= 4 is 22.7 Å². The molecule has 4 N–H and O–H groups in total. The van der Waals surface area contributed by atoms with Gasteiger partial charge in [0.1, 0.15) is 6.04 Å². The lowest BCUT2D eigenvalue weighted by molar-refractivity contribution is -0.125. The molecule has 1 aliphatic rings. The van der Waals surface area contributed by atoms with Crippen molar-refractivity contribution in [1.29, 1.82) is 0 Å². The van der Waals surface area contributed by atoms with Gasteiger partial charge in [0, 0.05) is 31.7 Å². The van der Waals surface area contributed by atoms with Gasteiger partial charge >= 0.3 is 0 Å². The summed E-state index contributed by atoms with van der Waals surface area (Å²) in [6, 6.07) is 6.75. The molecule has 1 aliphatic heterocycles. The van der Waals surface area contributed by atoms with Crippen LogP contribution in [0.4, 0.5) is 0 Å². The summed E-state index contributed by atoms with van der Waals surface area (Å²) in [6.45, 7) is 7.18. The normalized spacial score (nSPS) is 17.2. The number of para-hydroxylation sites is 1. The van der Waals surface area contributed by atoms with E-state index in [4.69, 9.17) is 9.84 Å². The van der Waals surface area contributed by atoms with Crippen molar-refractivity contribution in [3.8, 4) is 0 Å². The lowest BCUT2D eigenvalue weighted by atomic mass is 9.86. The first-order valence-corrected chi connectivity index (χ1v) is 11.1. The summed E-state index contributed by atoms with van der Waals surface area (Å²) in [6.07, 6.45) is 0.865. The number of carbonyl (C=O) groups excluding carboxylic acids is 2. The number of nitrogens with zero attached hydrogens (tertiary/aromatic N) is 2. The summed E-state index contributed by atoms with van der Waals surface area (Å²) in [4.78, 5) is 26.0. The van der Waals surface area contributed by atoms with Gasteiger partial charge in [0.15, 0.2) is 5.69 Å². The van der Waals surface area contributed by atoms with Gasteiger partial charge < -0.3 is 25.6 Å². The number of fused-ring (bicyclic) bond motifs is 1. The van der Waals surface area contributed by atoms with Gasteiger partial charge in [-0.1, -0.05) is 39.0 Å². The predicted octanol–water partition coefficient (Wildman–Crippen LogP) is 1.08. The molecule has 2 heterocycles. The quantitative estimate of drug-likeness (QED) is 0.481. The third-order valence-corrected chi connectivity index (χ3v) is 5.77. The van der Waals surface area contributed by atoms with Gasteiger partial charge in [-0.25, -0.2) is 0 Å². The fourth-order valence-electron chi connectivity index (χ4n) is 3.87. The number of benzene rings is 1. The topological polar surface area (TPSA) is 126 Å². The second-order valence-electron chi connectivity index (χ2n) is 9.46. The first kappa shape index (κ1) is 24.2. The van der Waals surface area contributed by atoms with E-state index in [1.54, 1.807) is 0 Å². The molecule has 2 atom stereocenters. The van der Waals surface area contributed by atoms with Crippen molar-refractivity contribution in [2.45, 2.75) is 52.3 Å². The lowest BCUT2D eigenvalue weighted by Crippen LogP contribution is -2.54. The number of aromatic nitrogens is 2. The highest BCUT2D eigenvalue weighted by Gasteiger charge is 2.34. The summed E-state index contributed by atoms with van der Waals surface area (Å²) in [5.74, 6) is -0.414. The molecule has 0 saturated carbocycles. The first-order valence-electron chi connectivity index (χ1n) is 11.1. The van der Waals surface area contributed by atoms with E-state index in [1.807, 2.05) is 49.7 Å². The molecule has 176 valence electrons. The Morgan fingerprint density at radius 1 is 1.25 bits per heavy atom. The van der Waals surface area contributed by atoms with Gasteiger partial charge in [0.25, 0.3) is 5.91 Å². The highest BCUT2D eigenvalue weighted by Crippen LogP contribution is 2.24. The minimum atomic E-state index is -1.06. The van der Waals surface area contributed by atoms with E-state index >= 15 is 0 Å². The number of hydrogen-bond donors (Lipinski definition) is 4. The zero-order chi connectivity index (χ0) is 23.3. The monoisotopic (exact) mass is 446 g/mol. The van der Waals surface area contributed by atoms with Gasteiger partial charge in [-0.2, -0.15) is 5.10 Å². The van der Waals surface area contributed by atoms with Crippen LogP contribution >= 0.6 is 0 Å². The number of aliphatic hydroxyl groups excluding tert-OH is 2.